The molecular formula is C22H20ClF2N3O5. The van der Waals surface area contributed by atoms with Crippen molar-refractivity contribution < 1.29 is 27.8 Å². The molecule has 0 bridgehead atoms. The van der Waals surface area contributed by atoms with Crippen molar-refractivity contribution >= 4 is 40.4 Å². The maximum atomic E-state index is 14.9. The first-order valence-electron chi connectivity index (χ1n) is 9.79. The van der Waals surface area contributed by atoms with Gasteiger partial charge in [0.15, 0.2) is 16.6 Å². The number of amides is 1. The molecule has 11 heteroatoms. The molecule has 1 aromatic carbocycles. The number of pyridine rings is 2. The van der Waals surface area contributed by atoms with Crippen molar-refractivity contribution in [3.63, 3.8) is 0 Å². The van der Waals surface area contributed by atoms with Gasteiger partial charge in [-0.2, -0.15) is 0 Å². The van der Waals surface area contributed by atoms with E-state index >= 15 is 0 Å². The first-order chi connectivity index (χ1) is 15.4. The molecule has 0 unspecified atom stereocenters. The average Bonchev–Trinajstić information content (AvgIpc) is 2.70. The first kappa shape index (κ1) is 24.1. The highest BCUT2D eigenvalue weighted by molar-refractivity contribution is 6.29. The highest BCUT2D eigenvalue weighted by atomic mass is 35.5. The number of carbonyl (C=O) groups excluding carboxylic acids is 2. The molecule has 0 saturated carbocycles. The van der Waals surface area contributed by atoms with Crippen molar-refractivity contribution in [2.24, 2.45) is 0 Å². The molecule has 1 amide bonds. The van der Waals surface area contributed by atoms with Crippen molar-refractivity contribution in [1.82, 2.24) is 9.55 Å². The van der Waals surface area contributed by atoms with Gasteiger partial charge in [0.2, 0.25) is 5.43 Å². The first-order valence-corrected chi connectivity index (χ1v) is 10.2. The molecule has 0 aliphatic carbocycles. The molecule has 2 aromatic heterocycles. The van der Waals surface area contributed by atoms with Gasteiger partial charge in [0, 0.05) is 11.9 Å². The number of ether oxygens (including phenoxy) is 2. The van der Waals surface area contributed by atoms with Crippen LogP contribution in [0.2, 0.25) is 5.15 Å². The standard InChI is InChI=1S/C22H20ClF2N3O5/c1-5-32-20(30)13-10-28(19-12(17(13)29)9-15(25)18(23)27-19)16-8-11(6-7-14(16)24)26-21(31)33-22(2,3)4/h6-10H,5H2,1-4H3,(H,26,31). The number of halogens is 3. The third-order valence-electron chi connectivity index (χ3n) is 4.24. The van der Waals surface area contributed by atoms with Gasteiger partial charge in [0.05, 0.1) is 17.7 Å². The van der Waals surface area contributed by atoms with Gasteiger partial charge >= 0.3 is 12.1 Å². The molecular weight excluding hydrogens is 460 g/mol. The molecule has 0 aliphatic rings. The molecule has 0 atom stereocenters. The zero-order chi connectivity index (χ0) is 24.5. The number of anilines is 1. The number of nitrogens with zero attached hydrogens (tertiary/aromatic N) is 2. The van der Waals surface area contributed by atoms with Crippen molar-refractivity contribution in [3.8, 4) is 5.69 Å². The monoisotopic (exact) mass is 479 g/mol. The minimum atomic E-state index is -0.991. The van der Waals surface area contributed by atoms with Crippen LogP contribution < -0.4 is 10.7 Å². The van der Waals surface area contributed by atoms with Crippen LogP contribution in [-0.4, -0.2) is 33.8 Å². The van der Waals surface area contributed by atoms with Crippen LogP contribution in [0.25, 0.3) is 16.7 Å². The van der Waals surface area contributed by atoms with E-state index in [4.69, 9.17) is 21.1 Å². The van der Waals surface area contributed by atoms with Crippen LogP contribution in [0, 0.1) is 11.6 Å². The Bertz CT molecular complexity index is 1320. The smallest absolute Gasteiger partial charge is 0.412 e. The zero-order valence-corrected chi connectivity index (χ0v) is 18.9. The second kappa shape index (κ2) is 9.14. The largest absolute Gasteiger partial charge is 0.462 e. The minimum absolute atomic E-state index is 0.0206. The number of hydrogen-bond donors (Lipinski definition) is 1. The number of hydrogen-bond acceptors (Lipinski definition) is 6. The Morgan fingerprint density at radius 3 is 2.52 bits per heavy atom. The molecule has 2 heterocycles. The van der Waals surface area contributed by atoms with E-state index < -0.39 is 45.4 Å². The number of rotatable bonds is 4. The molecule has 3 aromatic rings. The Balaban J connectivity index is 2.23. The summed E-state index contributed by atoms with van der Waals surface area (Å²) in [7, 11) is 0. The van der Waals surface area contributed by atoms with E-state index in [2.05, 4.69) is 10.3 Å². The summed E-state index contributed by atoms with van der Waals surface area (Å²) in [6.07, 6.45) is 0.250. The fourth-order valence-electron chi connectivity index (χ4n) is 2.94. The summed E-state index contributed by atoms with van der Waals surface area (Å²) >= 11 is 5.79. The molecule has 0 aliphatic heterocycles. The summed E-state index contributed by atoms with van der Waals surface area (Å²) in [4.78, 5) is 41.1. The lowest BCUT2D eigenvalue weighted by Gasteiger charge is -2.20. The van der Waals surface area contributed by atoms with Crippen molar-refractivity contribution in [1.29, 1.82) is 0 Å². The van der Waals surface area contributed by atoms with Gasteiger partial charge in [-0.05, 0) is 52.0 Å². The molecule has 0 spiro atoms. The lowest BCUT2D eigenvalue weighted by atomic mass is 10.1. The normalized spacial score (nSPS) is 11.4. The molecule has 0 fully saturated rings. The van der Waals surface area contributed by atoms with Crippen LogP contribution in [0.1, 0.15) is 38.1 Å². The average molecular weight is 480 g/mol. The Hall–Kier alpha value is -3.53. The minimum Gasteiger partial charge on any atom is -0.462 e. The molecule has 3 rings (SSSR count). The van der Waals surface area contributed by atoms with Crippen LogP contribution in [0.5, 0.6) is 0 Å². The molecule has 1 N–H and O–H groups in total. The van der Waals surface area contributed by atoms with Crippen molar-refractivity contribution in [2.75, 3.05) is 11.9 Å². The quantitative estimate of drug-likeness (QED) is 0.424. The number of aromatic nitrogens is 2. The Morgan fingerprint density at radius 2 is 1.88 bits per heavy atom. The number of carbonyl (C=O) groups is 2. The van der Waals surface area contributed by atoms with E-state index in [9.17, 15) is 23.2 Å². The Labute approximate surface area is 192 Å². The van der Waals surface area contributed by atoms with Gasteiger partial charge < -0.3 is 9.47 Å². The molecule has 8 nitrogen and oxygen atoms in total. The van der Waals surface area contributed by atoms with Gasteiger partial charge in [-0.1, -0.05) is 11.6 Å². The summed E-state index contributed by atoms with van der Waals surface area (Å²) in [6, 6.07) is 4.39. The molecule has 0 radical (unpaired) electrons. The van der Waals surface area contributed by atoms with Crippen LogP contribution >= 0.6 is 11.6 Å². The highest BCUT2D eigenvalue weighted by Gasteiger charge is 2.22. The third kappa shape index (κ3) is 5.28. The van der Waals surface area contributed by atoms with Gasteiger partial charge in [-0.25, -0.2) is 23.4 Å². The maximum Gasteiger partial charge on any atom is 0.412 e. The lowest BCUT2D eigenvalue weighted by Crippen LogP contribution is -2.27. The van der Waals surface area contributed by atoms with Gasteiger partial charge in [-0.3, -0.25) is 14.7 Å². The second-order valence-electron chi connectivity index (χ2n) is 7.89. The predicted octanol–water partition coefficient (Wildman–Crippen LogP) is 4.84. The predicted molar refractivity (Wildman–Crippen MR) is 118 cm³/mol. The number of fused-ring (bicyclic) bond motifs is 1. The second-order valence-corrected chi connectivity index (χ2v) is 8.25. The Morgan fingerprint density at radius 1 is 1.18 bits per heavy atom. The number of nitrogens with one attached hydrogen (secondary N) is 1. The van der Waals surface area contributed by atoms with E-state index in [-0.39, 0.29) is 29.0 Å². The fraction of sp³-hybridized carbons (Fsp3) is 0.273. The van der Waals surface area contributed by atoms with Gasteiger partial charge in [0.25, 0.3) is 0 Å². The van der Waals surface area contributed by atoms with Gasteiger partial charge in [-0.15, -0.1) is 0 Å². The van der Waals surface area contributed by atoms with Crippen molar-refractivity contribution in [2.45, 2.75) is 33.3 Å². The highest BCUT2D eigenvalue weighted by Crippen LogP contribution is 2.25. The number of benzene rings is 1. The maximum absolute atomic E-state index is 14.9. The summed E-state index contributed by atoms with van der Waals surface area (Å²) in [5, 5.41) is 1.61. The SMILES string of the molecule is CCOC(=O)c1cn(-c2cc(NC(=O)OC(C)(C)C)ccc2F)c2nc(Cl)c(F)cc2c1=O. The van der Waals surface area contributed by atoms with E-state index in [0.29, 0.717) is 0 Å². The topological polar surface area (TPSA) is 99.5 Å². The summed E-state index contributed by atoms with van der Waals surface area (Å²) in [5.74, 6) is -2.75. The fourth-order valence-corrected chi connectivity index (χ4v) is 3.07. The van der Waals surface area contributed by atoms with Crippen molar-refractivity contribution in [3.05, 3.63) is 63.0 Å². The van der Waals surface area contributed by atoms with Crippen LogP contribution in [-0.2, 0) is 9.47 Å². The summed E-state index contributed by atoms with van der Waals surface area (Å²) < 4.78 is 40.1. The van der Waals surface area contributed by atoms with E-state index in [0.717, 1.165) is 22.9 Å². The lowest BCUT2D eigenvalue weighted by molar-refractivity contribution is 0.0523. The van der Waals surface area contributed by atoms with Crippen LogP contribution in [0.4, 0.5) is 19.3 Å². The summed E-state index contributed by atoms with van der Waals surface area (Å²) in [6.45, 7) is 6.57. The molecule has 33 heavy (non-hydrogen) atoms. The molecule has 174 valence electrons. The van der Waals surface area contributed by atoms with Gasteiger partial charge in [0.1, 0.15) is 17.0 Å². The summed E-state index contributed by atoms with van der Waals surface area (Å²) in [5.41, 5.74) is -2.33. The number of esters is 1. The van der Waals surface area contributed by atoms with E-state index in [1.807, 2.05) is 0 Å². The van der Waals surface area contributed by atoms with E-state index in [1.165, 1.54) is 12.1 Å². The Kier molecular flexibility index (Phi) is 6.68. The van der Waals surface area contributed by atoms with Crippen LogP contribution in [0.15, 0.2) is 35.3 Å². The van der Waals surface area contributed by atoms with Crippen LogP contribution in [0.3, 0.4) is 0 Å². The molecule has 0 saturated heterocycles. The third-order valence-corrected chi connectivity index (χ3v) is 4.50. The zero-order valence-electron chi connectivity index (χ0n) is 18.2. The van der Waals surface area contributed by atoms with E-state index in [1.54, 1.807) is 27.7 Å².